The molecule has 0 radical (unpaired) electrons. The second-order valence-corrected chi connectivity index (χ2v) is 10.2. The number of ether oxygens (including phenoxy) is 1. The van der Waals surface area contributed by atoms with E-state index in [1.165, 1.54) is 6.42 Å². The van der Waals surface area contributed by atoms with Crippen LogP contribution in [0.3, 0.4) is 0 Å². The lowest BCUT2D eigenvalue weighted by atomic mass is 9.95. The van der Waals surface area contributed by atoms with Gasteiger partial charge in [-0.15, -0.1) is 0 Å². The number of rotatable bonds is 9. The van der Waals surface area contributed by atoms with E-state index in [1.54, 1.807) is 23.0 Å². The van der Waals surface area contributed by atoms with Gasteiger partial charge in [0.15, 0.2) is 0 Å². The SMILES string of the molecule is CC[C@H](C(=O)NC1CCCCC1)N(Cc1cccc(OC)c1)C(=O)CN1C(=O)c2cccc3cccc1c23. The molecule has 0 saturated heterocycles. The molecule has 1 aliphatic carbocycles. The average Bonchev–Trinajstić information content (AvgIpc) is 3.21. The van der Waals surface area contributed by atoms with Crippen molar-refractivity contribution < 1.29 is 19.1 Å². The third-order valence-electron chi connectivity index (χ3n) is 7.77. The molecule has 1 atom stereocenters. The Hall–Kier alpha value is -3.87. The van der Waals surface area contributed by atoms with Crippen LogP contribution in [0.5, 0.6) is 5.75 Å². The van der Waals surface area contributed by atoms with E-state index in [0.717, 1.165) is 47.7 Å². The van der Waals surface area contributed by atoms with Crippen LogP contribution in [0.1, 0.15) is 61.4 Å². The first-order chi connectivity index (χ1) is 18.5. The van der Waals surface area contributed by atoms with Crippen LogP contribution in [0, 0.1) is 0 Å². The molecule has 1 aliphatic heterocycles. The highest BCUT2D eigenvalue weighted by Gasteiger charge is 2.35. The fraction of sp³-hybridized carbons (Fsp3) is 0.387. The largest absolute Gasteiger partial charge is 0.497 e. The maximum atomic E-state index is 14.0. The van der Waals surface area contributed by atoms with Crippen LogP contribution in [0.15, 0.2) is 60.7 Å². The van der Waals surface area contributed by atoms with Gasteiger partial charge in [-0.3, -0.25) is 19.3 Å². The summed E-state index contributed by atoms with van der Waals surface area (Å²) in [5.41, 5.74) is 2.20. The standard InChI is InChI=1S/C31H35N3O4/c1-3-26(30(36)32-23-13-5-4-6-14-23)33(19-21-10-7-15-24(18-21)38-2)28(35)20-34-27-17-9-12-22-11-8-16-25(29(22)27)31(34)37/h7-12,15-18,23,26H,3-6,13-14,19-20H2,1-2H3,(H,32,36)/t26-/m1/s1. The van der Waals surface area contributed by atoms with Crippen molar-refractivity contribution in [3.8, 4) is 5.75 Å². The van der Waals surface area contributed by atoms with Crippen LogP contribution in [0.4, 0.5) is 5.69 Å². The molecule has 2 aliphatic rings. The maximum absolute atomic E-state index is 14.0. The Bertz CT molecular complexity index is 1340. The molecule has 0 bridgehead atoms. The van der Waals surface area contributed by atoms with Crippen molar-refractivity contribution in [2.75, 3.05) is 18.6 Å². The summed E-state index contributed by atoms with van der Waals surface area (Å²) in [4.78, 5) is 44.1. The van der Waals surface area contributed by atoms with Crippen molar-refractivity contribution in [2.24, 2.45) is 0 Å². The van der Waals surface area contributed by atoms with Crippen LogP contribution in [0.25, 0.3) is 10.8 Å². The van der Waals surface area contributed by atoms with Gasteiger partial charge < -0.3 is 15.0 Å². The number of anilines is 1. The summed E-state index contributed by atoms with van der Waals surface area (Å²) in [5, 5.41) is 5.05. The molecule has 3 aromatic rings. The summed E-state index contributed by atoms with van der Waals surface area (Å²) < 4.78 is 5.39. The van der Waals surface area contributed by atoms with Gasteiger partial charge in [0.05, 0.1) is 12.8 Å². The smallest absolute Gasteiger partial charge is 0.259 e. The summed E-state index contributed by atoms with van der Waals surface area (Å²) in [6, 6.07) is 18.4. The third-order valence-corrected chi connectivity index (χ3v) is 7.77. The van der Waals surface area contributed by atoms with Crippen molar-refractivity contribution >= 4 is 34.2 Å². The minimum atomic E-state index is -0.647. The molecule has 0 aromatic heterocycles. The van der Waals surface area contributed by atoms with Crippen LogP contribution in [-0.2, 0) is 16.1 Å². The Morgan fingerprint density at radius 2 is 1.79 bits per heavy atom. The molecule has 1 heterocycles. The van der Waals surface area contributed by atoms with Crippen molar-refractivity contribution in [3.63, 3.8) is 0 Å². The van der Waals surface area contributed by atoms with E-state index in [-0.39, 0.29) is 36.9 Å². The first kappa shape index (κ1) is 25.8. The number of methoxy groups -OCH3 is 1. The predicted octanol–water partition coefficient (Wildman–Crippen LogP) is 5.06. The molecule has 7 heteroatoms. The molecular formula is C31H35N3O4. The lowest BCUT2D eigenvalue weighted by molar-refractivity contribution is -0.140. The van der Waals surface area contributed by atoms with Gasteiger partial charge in [-0.05, 0) is 54.5 Å². The second kappa shape index (κ2) is 11.3. The fourth-order valence-electron chi connectivity index (χ4n) is 5.79. The summed E-state index contributed by atoms with van der Waals surface area (Å²) in [6.45, 7) is 2.03. The molecule has 3 amide bonds. The minimum absolute atomic E-state index is 0.131. The summed E-state index contributed by atoms with van der Waals surface area (Å²) in [5.74, 6) is 0.100. The zero-order valence-corrected chi connectivity index (χ0v) is 22.1. The lowest BCUT2D eigenvalue weighted by Gasteiger charge is -2.34. The number of amides is 3. The average molecular weight is 514 g/mol. The molecule has 0 spiro atoms. The summed E-state index contributed by atoms with van der Waals surface area (Å²) in [6.07, 6.45) is 5.82. The van der Waals surface area contributed by atoms with Gasteiger partial charge >= 0.3 is 0 Å². The Morgan fingerprint density at radius 1 is 1.05 bits per heavy atom. The zero-order chi connectivity index (χ0) is 26.6. The first-order valence-electron chi connectivity index (χ1n) is 13.6. The Labute approximate surface area is 223 Å². The maximum Gasteiger partial charge on any atom is 0.259 e. The Balaban J connectivity index is 1.43. The van der Waals surface area contributed by atoms with E-state index in [0.29, 0.717) is 17.7 Å². The normalized spacial score (nSPS) is 15.9. The van der Waals surface area contributed by atoms with Crippen molar-refractivity contribution in [1.82, 2.24) is 10.2 Å². The highest BCUT2D eigenvalue weighted by Crippen LogP contribution is 2.37. The molecule has 0 unspecified atom stereocenters. The topological polar surface area (TPSA) is 79.0 Å². The van der Waals surface area contributed by atoms with Crippen molar-refractivity contribution in [2.45, 2.75) is 64.1 Å². The second-order valence-electron chi connectivity index (χ2n) is 10.2. The Morgan fingerprint density at radius 3 is 2.53 bits per heavy atom. The molecule has 1 N–H and O–H groups in total. The number of carbonyl (C=O) groups excluding carboxylic acids is 3. The molecule has 7 nitrogen and oxygen atoms in total. The van der Waals surface area contributed by atoms with Crippen LogP contribution in [0.2, 0.25) is 0 Å². The number of benzene rings is 3. The highest BCUT2D eigenvalue weighted by molar-refractivity contribution is 6.26. The number of hydrogen-bond acceptors (Lipinski definition) is 4. The van der Waals surface area contributed by atoms with Gasteiger partial charge in [-0.2, -0.15) is 0 Å². The van der Waals surface area contributed by atoms with Crippen LogP contribution in [-0.4, -0.2) is 48.4 Å². The number of nitrogens with one attached hydrogen (secondary N) is 1. The van der Waals surface area contributed by atoms with Crippen LogP contribution >= 0.6 is 0 Å². The summed E-state index contributed by atoms with van der Waals surface area (Å²) >= 11 is 0. The van der Waals surface area contributed by atoms with E-state index < -0.39 is 6.04 Å². The fourth-order valence-corrected chi connectivity index (χ4v) is 5.79. The van der Waals surface area contributed by atoms with Crippen molar-refractivity contribution in [1.29, 1.82) is 0 Å². The van der Waals surface area contributed by atoms with Crippen LogP contribution < -0.4 is 15.0 Å². The minimum Gasteiger partial charge on any atom is -0.497 e. The summed E-state index contributed by atoms with van der Waals surface area (Å²) in [7, 11) is 1.60. The van der Waals surface area contributed by atoms with E-state index in [9.17, 15) is 14.4 Å². The predicted molar refractivity (Wildman–Crippen MR) is 148 cm³/mol. The quantitative estimate of drug-likeness (QED) is 0.434. The number of nitrogens with zero attached hydrogens (tertiary/aromatic N) is 2. The number of carbonyl (C=O) groups is 3. The molecular weight excluding hydrogens is 478 g/mol. The van der Waals surface area contributed by atoms with Gasteiger partial charge in [0.25, 0.3) is 5.91 Å². The molecule has 38 heavy (non-hydrogen) atoms. The van der Waals surface area contributed by atoms with Crippen molar-refractivity contribution in [3.05, 3.63) is 71.8 Å². The van der Waals surface area contributed by atoms with Gasteiger partial charge in [0, 0.05) is 23.5 Å². The zero-order valence-electron chi connectivity index (χ0n) is 22.1. The molecule has 3 aromatic carbocycles. The third kappa shape index (κ3) is 5.10. The number of hydrogen-bond donors (Lipinski definition) is 1. The van der Waals surface area contributed by atoms with E-state index >= 15 is 0 Å². The van der Waals surface area contributed by atoms with Gasteiger partial charge in [-0.25, -0.2) is 0 Å². The monoisotopic (exact) mass is 513 g/mol. The van der Waals surface area contributed by atoms with Gasteiger partial charge in [-0.1, -0.05) is 62.6 Å². The van der Waals surface area contributed by atoms with Gasteiger partial charge in [0.1, 0.15) is 18.3 Å². The molecule has 1 saturated carbocycles. The lowest BCUT2D eigenvalue weighted by Crippen LogP contribution is -2.53. The van der Waals surface area contributed by atoms with E-state index in [4.69, 9.17) is 4.74 Å². The molecule has 5 rings (SSSR count). The molecule has 198 valence electrons. The molecule has 1 fully saturated rings. The van der Waals surface area contributed by atoms with E-state index in [1.807, 2.05) is 61.5 Å². The first-order valence-corrected chi connectivity index (χ1v) is 13.6. The highest BCUT2D eigenvalue weighted by atomic mass is 16.5. The van der Waals surface area contributed by atoms with Gasteiger partial charge in [0.2, 0.25) is 11.8 Å². The Kier molecular flexibility index (Phi) is 7.63. The van der Waals surface area contributed by atoms with E-state index in [2.05, 4.69) is 5.32 Å².